The van der Waals surface area contributed by atoms with E-state index in [1.807, 2.05) is 6.07 Å². The van der Waals surface area contributed by atoms with Crippen LogP contribution >= 0.6 is 0 Å². The highest BCUT2D eigenvalue weighted by Gasteiger charge is 2.23. The van der Waals surface area contributed by atoms with Gasteiger partial charge in [0.15, 0.2) is 0 Å². The maximum absolute atomic E-state index is 12.2. The van der Waals surface area contributed by atoms with Crippen molar-refractivity contribution >= 4 is 11.6 Å². The molecule has 0 bridgehead atoms. The number of likely N-dealkylation sites (tertiary alicyclic amines) is 1. The van der Waals surface area contributed by atoms with Gasteiger partial charge < -0.3 is 15.4 Å². The van der Waals surface area contributed by atoms with E-state index in [0.29, 0.717) is 6.61 Å². The highest BCUT2D eigenvalue weighted by Crippen LogP contribution is 2.24. The third-order valence-electron chi connectivity index (χ3n) is 3.02. The number of hydrogen-bond acceptors (Lipinski definition) is 5. The molecule has 0 aliphatic carbocycles. The smallest absolute Gasteiger partial charge is 0.272 e. The van der Waals surface area contributed by atoms with E-state index >= 15 is 0 Å². The van der Waals surface area contributed by atoms with Gasteiger partial charge in [-0.2, -0.15) is 5.26 Å². The molecule has 1 aliphatic rings. The molecule has 2 heterocycles. The number of aromatic nitrogens is 1. The van der Waals surface area contributed by atoms with Gasteiger partial charge in [-0.05, 0) is 25.8 Å². The molecule has 0 unspecified atom stereocenters. The molecule has 6 heteroatoms. The van der Waals surface area contributed by atoms with Crippen LogP contribution in [0.15, 0.2) is 6.07 Å². The first-order valence-electron chi connectivity index (χ1n) is 6.30. The predicted molar refractivity (Wildman–Crippen MR) is 69.7 cm³/mol. The van der Waals surface area contributed by atoms with Gasteiger partial charge in [-0.15, -0.1) is 0 Å². The maximum atomic E-state index is 12.2. The minimum atomic E-state index is -0.158. The number of amides is 1. The van der Waals surface area contributed by atoms with E-state index < -0.39 is 0 Å². The first-order valence-corrected chi connectivity index (χ1v) is 6.30. The SMILES string of the molecule is CCOc1nc(C(=O)N2CCCC2)cc(N)c1C#N. The van der Waals surface area contributed by atoms with Gasteiger partial charge in [0.2, 0.25) is 5.88 Å². The molecule has 0 saturated carbocycles. The van der Waals surface area contributed by atoms with Gasteiger partial charge in [0.05, 0.1) is 12.3 Å². The quantitative estimate of drug-likeness (QED) is 0.880. The van der Waals surface area contributed by atoms with Crippen molar-refractivity contribution < 1.29 is 9.53 Å². The van der Waals surface area contributed by atoms with E-state index in [-0.39, 0.29) is 28.7 Å². The minimum Gasteiger partial charge on any atom is -0.477 e. The standard InChI is InChI=1S/C13H16N4O2/c1-2-19-12-9(8-14)10(15)7-11(16-12)13(18)17-5-3-4-6-17/h7H,2-6H2,1H3,(H2,15,16). The van der Waals surface area contributed by atoms with E-state index in [1.165, 1.54) is 6.07 Å². The van der Waals surface area contributed by atoms with Crippen LogP contribution in [0, 0.1) is 11.3 Å². The molecule has 2 rings (SSSR count). The number of nitriles is 1. The normalized spacial score (nSPS) is 14.2. The average molecular weight is 260 g/mol. The first kappa shape index (κ1) is 13.1. The largest absolute Gasteiger partial charge is 0.477 e. The Morgan fingerprint density at radius 2 is 2.26 bits per heavy atom. The lowest BCUT2D eigenvalue weighted by molar-refractivity contribution is 0.0786. The molecule has 0 atom stereocenters. The summed E-state index contributed by atoms with van der Waals surface area (Å²) < 4.78 is 5.28. The number of nitrogen functional groups attached to an aromatic ring is 1. The molecule has 1 amide bonds. The molecule has 0 aromatic carbocycles. The van der Waals surface area contributed by atoms with Crippen LogP contribution in [0.2, 0.25) is 0 Å². The van der Waals surface area contributed by atoms with Crippen LogP contribution in [-0.4, -0.2) is 35.5 Å². The van der Waals surface area contributed by atoms with Crippen LogP contribution in [-0.2, 0) is 0 Å². The molecule has 19 heavy (non-hydrogen) atoms. The molecular weight excluding hydrogens is 244 g/mol. The van der Waals surface area contributed by atoms with Crippen molar-refractivity contribution in [2.75, 3.05) is 25.4 Å². The second-order valence-corrected chi connectivity index (χ2v) is 4.32. The maximum Gasteiger partial charge on any atom is 0.272 e. The van der Waals surface area contributed by atoms with E-state index in [2.05, 4.69) is 4.98 Å². The molecule has 1 aromatic rings. The highest BCUT2D eigenvalue weighted by atomic mass is 16.5. The van der Waals surface area contributed by atoms with Gasteiger partial charge in [-0.3, -0.25) is 4.79 Å². The van der Waals surface area contributed by atoms with Gasteiger partial charge >= 0.3 is 0 Å². The van der Waals surface area contributed by atoms with Crippen molar-refractivity contribution in [3.8, 4) is 11.9 Å². The number of nitrogens with zero attached hydrogens (tertiary/aromatic N) is 3. The summed E-state index contributed by atoms with van der Waals surface area (Å²) in [4.78, 5) is 18.1. The van der Waals surface area contributed by atoms with Gasteiger partial charge in [0.25, 0.3) is 5.91 Å². The number of nitrogens with two attached hydrogens (primary N) is 1. The van der Waals surface area contributed by atoms with Crippen molar-refractivity contribution in [1.82, 2.24) is 9.88 Å². The Balaban J connectivity index is 2.36. The van der Waals surface area contributed by atoms with Crippen LogP contribution in [0.1, 0.15) is 35.8 Å². The van der Waals surface area contributed by atoms with E-state index in [1.54, 1.807) is 11.8 Å². The van der Waals surface area contributed by atoms with Crippen LogP contribution in [0.3, 0.4) is 0 Å². The van der Waals surface area contributed by atoms with Gasteiger partial charge in [-0.1, -0.05) is 0 Å². The zero-order valence-corrected chi connectivity index (χ0v) is 10.8. The second kappa shape index (κ2) is 5.57. The number of rotatable bonds is 3. The van der Waals surface area contributed by atoms with Gasteiger partial charge in [-0.25, -0.2) is 4.98 Å². The Hall–Kier alpha value is -2.29. The molecule has 1 fully saturated rings. The van der Waals surface area contributed by atoms with E-state index in [4.69, 9.17) is 15.7 Å². The first-order chi connectivity index (χ1) is 9.17. The summed E-state index contributed by atoms with van der Waals surface area (Å²) in [6, 6.07) is 3.39. The molecule has 0 radical (unpaired) electrons. The summed E-state index contributed by atoms with van der Waals surface area (Å²) in [7, 11) is 0. The Morgan fingerprint density at radius 3 is 2.84 bits per heavy atom. The fourth-order valence-corrected chi connectivity index (χ4v) is 2.09. The van der Waals surface area contributed by atoms with E-state index in [0.717, 1.165) is 25.9 Å². The molecular formula is C13H16N4O2. The summed E-state index contributed by atoms with van der Waals surface area (Å²) in [5.74, 6) is -0.0258. The fraction of sp³-hybridized carbons (Fsp3) is 0.462. The monoisotopic (exact) mass is 260 g/mol. The van der Waals surface area contributed by atoms with Crippen LogP contribution < -0.4 is 10.5 Å². The summed E-state index contributed by atoms with van der Waals surface area (Å²) in [5.41, 5.74) is 6.43. The van der Waals surface area contributed by atoms with Gasteiger partial charge in [0.1, 0.15) is 17.3 Å². The lowest BCUT2D eigenvalue weighted by atomic mass is 10.2. The zero-order chi connectivity index (χ0) is 13.8. The number of hydrogen-bond donors (Lipinski definition) is 1. The summed E-state index contributed by atoms with van der Waals surface area (Å²) in [6.07, 6.45) is 2.02. The Kier molecular flexibility index (Phi) is 3.85. The Bertz CT molecular complexity index is 530. The summed E-state index contributed by atoms with van der Waals surface area (Å²) in [5, 5.41) is 9.02. The van der Waals surface area contributed by atoms with Crippen molar-refractivity contribution in [3.63, 3.8) is 0 Å². The predicted octanol–water partition coefficient (Wildman–Crippen LogP) is 1.17. The molecule has 2 N–H and O–H groups in total. The average Bonchev–Trinajstić information content (AvgIpc) is 2.91. The van der Waals surface area contributed by atoms with Crippen molar-refractivity contribution in [3.05, 3.63) is 17.3 Å². The Labute approximate surface area is 111 Å². The highest BCUT2D eigenvalue weighted by molar-refractivity contribution is 5.94. The number of carbonyl (C=O) groups is 1. The van der Waals surface area contributed by atoms with Crippen molar-refractivity contribution in [2.45, 2.75) is 19.8 Å². The molecule has 100 valence electrons. The molecule has 1 saturated heterocycles. The third kappa shape index (κ3) is 2.60. The van der Waals surface area contributed by atoms with Crippen molar-refractivity contribution in [2.24, 2.45) is 0 Å². The van der Waals surface area contributed by atoms with Crippen LogP contribution in [0.5, 0.6) is 5.88 Å². The lowest BCUT2D eigenvalue weighted by Crippen LogP contribution is -2.28. The van der Waals surface area contributed by atoms with E-state index in [9.17, 15) is 4.79 Å². The summed E-state index contributed by atoms with van der Waals surface area (Å²) in [6.45, 7) is 3.63. The van der Waals surface area contributed by atoms with Crippen molar-refractivity contribution in [1.29, 1.82) is 5.26 Å². The van der Waals surface area contributed by atoms with Crippen LogP contribution in [0.25, 0.3) is 0 Å². The van der Waals surface area contributed by atoms with Gasteiger partial charge in [0, 0.05) is 13.1 Å². The lowest BCUT2D eigenvalue weighted by Gasteiger charge is -2.16. The summed E-state index contributed by atoms with van der Waals surface area (Å²) >= 11 is 0. The number of pyridine rings is 1. The number of ether oxygens (including phenoxy) is 1. The number of anilines is 1. The molecule has 1 aromatic heterocycles. The molecule has 0 spiro atoms. The van der Waals surface area contributed by atoms with Crippen LogP contribution in [0.4, 0.5) is 5.69 Å². The fourth-order valence-electron chi connectivity index (χ4n) is 2.09. The number of carbonyl (C=O) groups excluding carboxylic acids is 1. The molecule has 6 nitrogen and oxygen atoms in total. The Morgan fingerprint density at radius 1 is 1.58 bits per heavy atom. The second-order valence-electron chi connectivity index (χ2n) is 4.32. The minimum absolute atomic E-state index is 0.132. The third-order valence-corrected chi connectivity index (χ3v) is 3.02. The topological polar surface area (TPSA) is 92.2 Å². The zero-order valence-electron chi connectivity index (χ0n) is 10.8. The molecule has 1 aliphatic heterocycles.